The number of furan rings is 1. The third-order valence-corrected chi connectivity index (χ3v) is 4.49. The van der Waals surface area contributed by atoms with Crippen LogP contribution in [0.3, 0.4) is 0 Å². The van der Waals surface area contributed by atoms with Gasteiger partial charge in [-0.3, -0.25) is 14.4 Å². The van der Waals surface area contributed by atoms with Crippen LogP contribution in [0.15, 0.2) is 76.4 Å². The molecule has 0 fully saturated rings. The summed E-state index contributed by atoms with van der Waals surface area (Å²) >= 11 is 0. The summed E-state index contributed by atoms with van der Waals surface area (Å²) < 4.78 is 16.1. The van der Waals surface area contributed by atoms with Gasteiger partial charge in [0.1, 0.15) is 5.76 Å². The maximum absolute atomic E-state index is 12.2. The number of amides is 3. The first-order chi connectivity index (χ1) is 16.6. The number of ether oxygens (including phenoxy) is 2. The zero-order valence-electron chi connectivity index (χ0n) is 18.4. The van der Waals surface area contributed by atoms with Crippen molar-refractivity contribution in [3.8, 4) is 11.5 Å². The highest BCUT2D eigenvalue weighted by Crippen LogP contribution is 2.30. The molecule has 0 aliphatic heterocycles. The number of carbonyl (C=O) groups excluding carboxylic acids is 3. The van der Waals surface area contributed by atoms with Crippen LogP contribution in [0.5, 0.6) is 11.5 Å². The third kappa shape index (κ3) is 7.23. The van der Waals surface area contributed by atoms with Gasteiger partial charge in [-0.1, -0.05) is 36.4 Å². The van der Waals surface area contributed by atoms with Crippen molar-refractivity contribution in [2.45, 2.75) is 13.1 Å². The molecule has 3 aromatic rings. The Morgan fingerprint density at radius 3 is 2.50 bits per heavy atom. The maximum atomic E-state index is 12.2. The molecule has 0 spiro atoms. The lowest BCUT2D eigenvalue weighted by Crippen LogP contribution is -2.37. The number of carbonyl (C=O) groups is 3. The minimum atomic E-state index is -0.950. The van der Waals surface area contributed by atoms with E-state index in [1.54, 1.807) is 30.3 Å². The molecule has 1 heterocycles. The molecule has 0 unspecified atom stereocenters. The summed E-state index contributed by atoms with van der Waals surface area (Å²) in [5.41, 5.74) is 3.54. The van der Waals surface area contributed by atoms with Crippen LogP contribution >= 0.6 is 0 Å². The minimum Gasteiger partial charge on any atom is -0.493 e. The standard InChI is InChI=1S/C24H24N4O6/c1-32-20-11-5-9-18(14-27-28-24(31)23(30)26-15-19-10-6-12-33-19)22(20)34-16-21(29)25-13-17-7-3-2-4-8-17/h2-12,14H,13,15-16H2,1H3,(H,25,29)(H,26,30)(H,28,31)/b27-14-. The smallest absolute Gasteiger partial charge is 0.329 e. The van der Waals surface area contributed by atoms with E-state index in [1.165, 1.54) is 19.6 Å². The molecule has 10 nitrogen and oxygen atoms in total. The zero-order valence-corrected chi connectivity index (χ0v) is 18.4. The van der Waals surface area contributed by atoms with Gasteiger partial charge < -0.3 is 24.5 Å². The number of rotatable bonds is 10. The van der Waals surface area contributed by atoms with E-state index in [0.29, 0.717) is 23.6 Å². The van der Waals surface area contributed by atoms with Crippen molar-refractivity contribution in [3.05, 3.63) is 83.8 Å². The summed E-state index contributed by atoms with van der Waals surface area (Å²) in [6.45, 7) is 0.191. The lowest BCUT2D eigenvalue weighted by Gasteiger charge is -2.13. The molecule has 2 aromatic carbocycles. The molecule has 1 aromatic heterocycles. The number of para-hydroxylation sites is 1. The van der Waals surface area contributed by atoms with E-state index >= 15 is 0 Å². The van der Waals surface area contributed by atoms with Crippen molar-refractivity contribution in [3.63, 3.8) is 0 Å². The average molecular weight is 464 g/mol. The second-order valence-electron chi connectivity index (χ2n) is 6.89. The predicted molar refractivity (Wildman–Crippen MR) is 123 cm³/mol. The van der Waals surface area contributed by atoms with E-state index in [0.717, 1.165) is 5.56 Å². The summed E-state index contributed by atoms with van der Waals surface area (Å²) in [6.07, 6.45) is 2.75. The molecule has 3 amide bonds. The van der Waals surface area contributed by atoms with Crippen LogP contribution in [-0.4, -0.2) is 37.7 Å². The Balaban J connectivity index is 1.54. The lowest BCUT2D eigenvalue weighted by molar-refractivity contribution is -0.139. The number of hydrogen-bond acceptors (Lipinski definition) is 7. The van der Waals surface area contributed by atoms with Gasteiger partial charge in [-0.2, -0.15) is 5.10 Å². The van der Waals surface area contributed by atoms with E-state index in [9.17, 15) is 14.4 Å². The van der Waals surface area contributed by atoms with Crippen LogP contribution in [0, 0.1) is 0 Å². The largest absolute Gasteiger partial charge is 0.493 e. The second-order valence-corrected chi connectivity index (χ2v) is 6.89. The fourth-order valence-corrected chi connectivity index (χ4v) is 2.81. The number of hydrogen-bond donors (Lipinski definition) is 3. The topological polar surface area (TPSA) is 131 Å². The SMILES string of the molecule is COc1cccc(/C=N\NC(=O)C(=O)NCc2ccco2)c1OCC(=O)NCc1ccccc1. The van der Waals surface area contributed by atoms with Crippen LogP contribution in [0.4, 0.5) is 0 Å². The quantitative estimate of drug-likeness (QED) is 0.238. The van der Waals surface area contributed by atoms with Gasteiger partial charge in [0, 0.05) is 12.1 Å². The Bertz CT molecular complexity index is 1130. The molecule has 34 heavy (non-hydrogen) atoms. The second kappa shape index (κ2) is 12.4. The van der Waals surface area contributed by atoms with Crippen molar-refractivity contribution in [2.24, 2.45) is 5.10 Å². The molecular formula is C24H24N4O6. The van der Waals surface area contributed by atoms with Gasteiger partial charge in [-0.05, 0) is 29.8 Å². The molecule has 0 atom stereocenters. The highest BCUT2D eigenvalue weighted by molar-refractivity contribution is 6.35. The van der Waals surface area contributed by atoms with Crippen molar-refractivity contribution in [1.82, 2.24) is 16.1 Å². The van der Waals surface area contributed by atoms with E-state index in [4.69, 9.17) is 13.9 Å². The molecule has 0 aliphatic rings. The molecule has 0 aliphatic carbocycles. The van der Waals surface area contributed by atoms with Crippen LogP contribution in [0.25, 0.3) is 0 Å². The zero-order chi connectivity index (χ0) is 24.2. The lowest BCUT2D eigenvalue weighted by atomic mass is 10.2. The Morgan fingerprint density at radius 1 is 0.941 bits per heavy atom. The number of methoxy groups -OCH3 is 1. The van der Waals surface area contributed by atoms with E-state index < -0.39 is 11.8 Å². The molecular weight excluding hydrogens is 440 g/mol. The van der Waals surface area contributed by atoms with Gasteiger partial charge in [0.25, 0.3) is 5.91 Å². The number of benzene rings is 2. The summed E-state index contributed by atoms with van der Waals surface area (Å²) in [4.78, 5) is 36.0. The summed E-state index contributed by atoms with van der Waals surface area (Å²) in [6, 6.07) is 17.8. The maximum Gasteiger partial charge on any atom is 0.329 e. The molecule has 176 valence electrons. The van der Waals surface area contributed by atoms with Crippen molar-refractivity contribution in [2.75, 3.05) is 13.7 Å². The van der Waals surface area contributed by atoms with Gasteiger partial charge in [0.2, 0.25) is 0 Å². The summed E-state index contributed by atoms with van der Waals surface area (Å²) in [5.74, 6) is -0.989. The van der Waals surface area contributed by atoms with Gasteiger partial charge in [0.05, 0.1) is 26.1 Å². The molecule has 10 heteroatoms. The Morgan fingerprint density at radius 2 is 1.76 bits per heavy atom. The minimum absolute atomic E-state index is 0.0726. The molecule has 0 bridgehead atoms. The van der Waals surface area contributed by atoms with E-state index in [2.05, 4.69) is 21.2 Å². The summed E-state index contributed by atoms with van der Waals surface area (Å²) in [7, 11) is 1.46. The molecule has 3 rings (SSSR count). The highest BCUT2D eigenvalue weighted by atomic mass is 16.5. The van der Waals surface area contributed by atoms with Crippen LogP contribution in [-0.2, 0) is 27.5 Å². The average Bonchev–Trinajstić information content (AvgIpc) is 3.39. The van der Waals surface area contributed by atoms with Crippen molar-refractivity contribution in [1.29, 1.82) is 0 Å². The number of nitrogens with zero attached hydrogens (tertiary/aromatic N) is 1. The van der Waals surface area contributed by atoms with Crippen LogP contribution in [0.2, 0.25) is 0 Å². The van der Waals surface area contributed by atoms with Crippen LogP contribution in [0.1, 0.15) is 16.9 Å². The molecule has 0 saturated carbocycles. The first kappa shape index (κ1) is 24.1. The highest BCUT2D eigenvalue weighted by Gasteiger charge is 2.14. The van der Waals surface area contributed by atoms with Gasteiger partial charge in [0.15, 0.2) is 18.1 Å². The molecule has 0 radical (unpaired) electrons. The third-order valence-electron chi connectivity index (χ3n) is 4.49. The first-order valence-corrected chi connectivity index (χ1v) is 10.3. The fraction of sp³-hybridized carbons (Fsp3) is 0.167. The number of nitrogens with one attached hydrogen (secondary N) is 3. The first-order valence-electron chi connectivity index (χ1n) is 10.3. The van der Waals surface area contributed by atoms with E-state index in [1.807, 2.05) is 30.3 Å². The van der Waals surface area contributed by atoms with Gasteiger partial charge in [-0.25, -0.2) is 5.43 Å². The molecule has 3 N–H and O–H groups in total. The summed E-state index contributed by atoms with van der Waals surface area (Å²) in [5, 5.41) is 8.99. The van der Waals surface area contributed by atoms with E-state index in [-0.39, 0.29) is 24.8 Å². The number of hydrazone groups is 1. The van der Waals surface area contributed by atoms with Crippen LogP contribution < -0.4 is 25.5 Å². The normalized spacial score (nSPS) is 10.5. The molecule has 0 saturated heterocycles. The van der Waals surface area contributed by atoms with Gasteiger partial charge in [-0.15, -0.1) is 0 Å². The fourth-order valence-electron chi connectivity index (χ4n) is 2.81. The Labute approximate surface area is 195 Å². The Hall–Kier alpha value is -4.60. The van der Waals surface area contributed by atoms with Gasteiger partial charge >= 0.3 is 11.8 Å². The van der Waals surface area contributed by atoms with Crippen molar-refractivity contribution < 1.29 is 28.3 Å². The predicted octanol–water partition coefficient (Wildman–Crippen LogP) is 1.75. The monoisotopic (exact) mass is 464 g/mol. The van der Waals surface area contributed by atoms with Crippen molar-refractivity contribution >= 4 is 23.9 Å². The Kier molecular flexibility index (Phi) is 8.80.